The number of amidine groups is 1. The lowest BCUT2D eigenvalue weighted by Crippen LogP contribution is -2.46. The smallest absolute Gasteiger partial charge is 0.153 e. The molecule has 3 aliphatic rings. The average Bonchev–Trinajstić information content (AvgIpc) is 3.16. The van der Waals surface area contributed by atoms with Crippen molar-refractivity contribution in [3.8, 4) is 0 Å². The van der Waals surface area contributed by atoms with Crippen LogP contribution in [0.1, 0.15) is 17.2 Å². The molecule has 4 nitrogen and oxygen atoms in total. The van der Waals surface area contributed by atoms with Gasteiger partial charge in [-0.3, -0.25) is 0 Å². The van der Waals surface area contributed by atoms with Gasteiger partial charge in [-0.05, 0) is 23.3 Å². The Balaban J connectivity index is 1.50. The minimum atomic E-state index is 0.257. The highest BCUT2D eigenvalue weighted by molar-refractivity contribution is 5.88. The summed E-state index contributed by atoms with van der Waals surface area (Å²) in [6.45, 7) is 1.41. The van der Waals surface area contributed by atoms with Gasteiger partial charge >= 0.3 is 0 Å². The number of anilines is 1. The van der Waals surface area contributed by atoms with Gasteiger partial charge in [0.1, 0.15) is 13.3 Å². The van der Waals surface area contributed by atoms with Gasteiger partial charge in [0.25, 0.3) is 0 Å². The Morgan fingerprint density at radius 1 is 1.00 bits per heavy atom. The predicted molar refractivity (Wildman–Crippen MR) is 85.7 cm³/mol. The SMILES string of the molecule is c1ccc(N2CN3C(=N2)CO[C@@H]2Cc4ccccc4[C@@H]23)cc1. The van der Waals surface area contributed by atoms with E-state index in [1.54, 1.807) is 0 Å². The van der Waals surface area contributed by atoms with E-state index in [9.17, 15) is 0 Å². The van der Waals surface area contributed by atoms with Crippen molar-refractivity contribution in [3.05, 3.63) is 65.7 Å². The first-order valence-corrected chi connectivity index (χ1v) is 7.76. The Morgan fingerprint density at radius 2 is 1.82 bits per heavy atom. The van der Waals surface area contributed by atoms with Crippen LogP contribution in [0.15, 0.2) is 59.7 Å². The third-order valence-electron chi connectivity index (χ3n) is 4.82. The highest BCUT2D eigenvalue weighted by atomic mass is 16.5. The number of benzene rings is 2. The molecule has 0 spiro atoms. The summed E-state index contributed by atoms with van der Waals surface area (Å²) in [5, 5.41) is 6.84. The van der Waals surface area contributed by atoms with Crippen molar-refractivity contribution in [3.63, 3.8) is 0 Å². The maximum absolute atomic E-state index is 6.08. The predicted octanol–water partition coefficient (Wildman–Crippen LogP) is 2.78. The third-order valence-corrected chi connectivity index (χ3v) is 4.82. The number of morpholine rings is 1. The van der Waals surface area contributed by atoms with Crippen molar-refractivity contribution in [2.24, 2.45) is 5.10 Å². The summed E-state index contributed by atoms with van der Waals surface area (Å²) in [5.41, 5.74) is 3.94. The van der Waals surface area contributed by atoms with Crippen LogP contribution < -0.4 is 5.01 Å². The molecule has 0 amide bonds. The second-order valence-corrected chi connectivity index (χ2v) is 6.06. The third kappa shape index (κ3) is 1.70. The molecular formula is C18H17N3O. The van der Waals surface area contributed by atoms with Crippen LogP contribution in [0.5, 0.6) is 0 Å². The fourth-order valence-corrected chi connectivity index (χ4v) is 3.79. The highest BCUT2D eigenvalue weighted by Crippen LogP contribution is 2.42. The lowest BCUT2D eigenvalue weighted by Gasteiger charge is -2.36. The van der Waals surface area contributed by atoms with Gasteiger partial charge in [0, 0.05) is 6.42 Å². The Hall–Kier alpha value is -2.33. The number of hydrazone groups is 1. The Kier molecular flexibility index (Phi) is 2.55. The molecule has 2 aromatic rings. The number of nitrogens with zero attached hydrogens (tertiary/aromatic N) is 3. The molecule has 0 saturated carbocycles. The van der Waals surface area contributed by atoms with Gasteiger partial charge in [0.15, 0.2) is 5.84 Å². The average molecular weight is 291 g/mol. The van der Waals surface area contributed by atoms with Gasteiger partial charge in [0.05, 0.1) is 17.8 Å². The Bertz CT molecular complexity index is 743. The lowest BCUT2D eigenvalue weighted by atomic mass is 10.1. The molecule has 1 aliphatic carbocycles. The van der Waals surface area contributed by atoms with Crippen LogP contribution >= 0.6 is 0 Å². The molecule has 0 unspecified atom stereocenters. The number of para-hydroxylation sites is 1. The summed E-state index contributed by atoms with van der Waals surface area (Å²) in [7, 11) is 0. The zero-order valence-electron chi connectivity index (χ0n) is 12.2. The minimum Gasteiger partial charge on any atom is -0.367 e. The van der Waals surface area contributed by atoms with Crippen LogP contribution in [0, 0.1) is 0 Å². The van der Waals surface area contributed by atoms with E-state index >= 15 is 0 Å². The molecule has 2 atom stereocenters. The van der Waals surface area contributed by atoms with Crippen molar-refractivity contribution in [2.75, 3.05) is 18.3 Å². The van der Waals surface area contributed by atoms with Crippen LogP contribution in [0.25, 0.3) is 0 Å². The summed E-state index contributed by atoms with van der Waals surface area (Å²) in [6, 6.07) is 19.3. The summed E-state index contributed by atoms with van der Waals surface area (Å²) < 4.78 is 6.08. The van der Waals surface area contributed by atoms with Gasteiger partial charge in [0.2, 0.25) is 0 Å². The molecule has 0 N–H and O–H groups in total. The fraction of sp³-hybridized carbons (Fsp3) is 0.278. The van der Waals surface area contributed by atoms with E-state index in [-0.39, 0.29) is 6.10 Å². The molecule has 0 bridgehead atoms. The molecule has 2 heterocycles. The maximum atomic E-state index is 6.08. The molecule has 2 aromatic carbocycles. The number of fused-ring (bicyclic) bond motifs is 5. The zero-order valence-corrected chi connectivity index (χ0v) is 12.2. The summed E-state index contributed by atoms with van der Waals surface area (Å²) >= 11 is 0. The van der Waals surface area contributed by atoms with Gasteiger partial charge in [-0.25, -0.2) is 5.01 Å². The first-order chi connectivity index (χ1) is 10.9. The number of hydrogen-bond donors (Lipinski definition) is 0. The van der Waals surface area contributed by atoms with Gasteiger partial charge < -0.3 is 9.64 Å². The van der Waals surface area contributed by atoms with E-state index in [4.69, 9.17) is 9.84 Å². The number of ether oxygens (including phenoxy) is 1. The molecule has 0 aromatic heterocycles. The summed E-state index contributed by atoms with van der Waals surface area (Å²) in [6.07, 6.45) is 1.27. The summed E-state index contributed by atoms with van der Waals surface area (Å²) in [5.74, 6) is 1.04. The normalized spacial score (nSPS) is 25.5. The number of hydrogen-bond acceptors (Lipinski definition) is 4. The largest absolute Gasteiger partial charge is 0.367 e. The maximum Gasteiger partial charge on any atom is 0.153 e. The van der Waals surface area contributed by atoms with Crippen LogP contribution in [0.4, 0.5) is 5.69 Å². The van der Waals surface area contributed by atoms with Gasteiger partial charge in [-0.15, -0.1) is 0 Å². The topological polar surface area (TPSA) is 28.1 Å². The number of rotatable bonds is 1. The van der Waals surface area contributed by atoms with E-state index in [0.717, 1.165) is 24.6 Å². The molecule has 2 aliphatic heterocycles. The van der Waals surface area contributed by atoms with Crippen LogP contribution in [-0.4, -0.2) is 30.1 Å². The molecule has 4 heteroatoms. The van der Waals surface area contributed by atoms with Crippen molar-refractivity contribution in [2.45, 2.75) is 18.6 Å². The van der Waals surface area contributed by atoms with Gasteiger partial charge in [-0.2, -0.15) is 5.10 Å². The fourth-order valence-electron chi connectivity index (χ4n) is 3.79. The van der Waals surface area contributed by atoms with Crippen LogP contribution in [-0.2, 0) is 11.2 Å². The van der Waals surface area contributed by atoms with Crippen molar-refractivity contribution in [1.82, 2.24) is 4.90 Å². The minimum absolute atomic E-state index is 0.257. The quantitative estimate of drug-likeness (QED) is 0.809. The zero-order chi connectivity index (χ0) is 14.5. The van der Waals surface area contributed by atoms with E-state index in [1.165, 1.54) is 11.1 Å². The Morgan fingerprint density at radius 3 is 2.73 bits per heavy atom. The molecule has 22 heavy (non-hydrogen) atoms. The Labute approximate surface area is 129 Å². The van der Waals surface area contributed by atoms with Crippen LogP contribution in [0.3, 0.4) is 0 Å². The molecule has 1 fully saturated rings. The highest BCUT2D eigenvalue weighted by Gasteiger charge is 2.44. The molecule has 5 rings (SSSR count). The lowest BCUT2D eigenvalue weighted by molar-refractivity contribution is 0.00539. The molecule has 110 valence electrons. The van der Waals surface area contributed by atoms with Crippen molar-refractivity contribution in [1.29, 1.82) is 0 Å². The monoisotopic (exact) mass is 291 g/mol. The van der Waals surface area contributed by atoms with E-state index in [1.807, 2.05) is 6.07 Å². The van der Waals surface area contributed by atoms with E-state index < -0.39 is 0 Å². The first-order valence-electron chi connectivity index (χ1n) is 7.76. The second kappa shape index (κ2) is 4.58. The standard InChI is InChI=1S/C18H17N3O/c1-2-7-14(8-3-1)21-12-20-17(19-21)11-22-16-10-13-6-4-5-9-15(13)18(16)20/h1-9,16,18H,10-12H2/t16-,18+/m1/s1. The molecule has 0 radical (unpaired) electrons. The van der Waals surface area contributed by atoms with E-state index in [0.29, 0.717) is 12.6 Å². The van der Waals surface area contributed by atoms with Crippen molar-refractivity contribution < 1.29 is 4.74 Å². The van der Waals surface area contributed by atoms with Gasteiger partial charge in [-0.1, -0.05) is 42.5 Å². The molecule has 1 saturated heterocycles. The first kappa shape index (κ1) is 12.2. The van der Waals surface area contributed by atoms with Crippen LogP contribution in [0.2, 0.25) is 0 Å². The summed E-state index contributed by atoms with van der Waals surface area (Å²) in [4.78, 5) is 2.41. The molecular weight excluding hydrogens is 274 g/mol. The second-order valence-electron chi connectivity index (χ2n) is 6.06. The van der Waals surface area contributed by atoms with E-state index in [2.05, 4.69) is 58.4 Å². The van der Waals surface area contributed by atoms with Crippen molar-refractivity contribution >= 4 is 11.5 Å².